The molecule has 2 aromatic heterocycles. The van der Waals surface area contributed by atoms with Crippen LogP contribution in [0.2, 0.25) is 0 Å². The van der Waals surface area contributed by atoms with Gasteiger partial charge in [-0.1, -0.05) is 103 Å². The van der Waals surface area contributed by atoms with Gasteiger partial charge in [-0.15, -0.1) is 0 Å². The monoisotopic (exact) mass is 447 g/mol. The minimum absolute atomic E-state index is 0.734. The van der Waals surface area contributed by atoms with E-state index in [-0.39, 0.29) is 0 Å². The maximum absolute atomic E-state index is 5.20. The summed E-state index contributed by atoms with van der Waals surface area (Å²) < 4.78 is 2.29. The highest BCUT2D eigenvalue weighted by atomic mass is 15.0. The lowest BCUT2D eigenvalue weighted by atomic mass is 10.1. The molecular weight excluding hydrogens is 426 g/mol. The molecule has 0 spiro atoms. The van der Waals surface area contributed by atoms with Crippen LogP contribution < -0.4 is 0 Å². The van der Waals surface area contributed by atoms with Gasteiger partial charge in [-0.05, 0) is 35.0 Å². The van der Waals surface area contributed by atoms with E-state index in [1.54, 1.807) is 0 Å². The predicted octanol–water partition coefficient (Wildman–Crippen LogP) is 8.06. The summed E-state index contributed by atoms with van der Waals surface area (Å²) in [4.78, 5) is 10.4. The van der Waals surface area contributed by atoms with Gasteiger partial charge in [0.25, 0.3) is 0 Å². The molecule has 164 valence electrons. The van der Waals surface area contributed by atoms with E-state index in [0.29, 0.717) is 0 Å². The Morgan fingerprint density at radius 1 is 0.514 bits per heavy atom. The van der Waals surface area contributed by atoms with E-state index >= 15 is 0 Å². The van der Waals surface area contributed by atoms with Crippen LogP contribution in [-0.4, -0.2) is 14.5 Å². The molecule has 0 amide bonds. The number of aromatic nitrogens is 3. The Labute approximate surface area is 203 Å². The first-order chi connectivity index (χ1) is 17.4. The molecule has 7 aromatic rings. The van der Waals surface area contributed by atoms with Crippen LogP contribution in [0.3, 0.4) is 0 Å². The highest BCUT2D eigenvalue weighted by molar-refractivity contribution is 6.11. The maximum Gasteiger partial charge on any atom is 0.160 e. The van der Waals surface area contributed by atoms with Crippen molar-refractivity contribution in [2.75, 3.05) is 0 Å². The summed E-state index contributed by atoms with van der Waals surface area (Å²) in [5.41, 5.74) is 7.21. The smallest absolute Gasteiger partial charge is 0.160 e. The van der Waals surface area contributed by atoms with Gasteiger partial charge in [0.2, 0.25) is 0 Å². The molecule has 0 atom stereocenters. The molecule has 0 N–H and O–H groups in total. The Morgan fingerprint density at radius 3 is 2.03 bits per heavy atom. The number of rotatable bonds is 3. The average molecular weight is 448 g/mol. The molecule has 5 aromatic carbocycles. The third-order valence-corrected chi connectivity index (χ3v) is 6.58. The van der Waals surface area contributed by atoms with E-state index in [2.05, 4.69) is 120 Å². The van der Waals surface area contributed by atoms with Crippen molar-refractivity contribution in [1.29, 1.82) is 0 Å². The van der Waals surface area contributed by atoms with Crippen molar-refractivity contribution in [2.24, 2.45) is 0 Å². The number of fused-ring (bicyclic) bond motifs is 4. The number of nitrogens with zero attached hydrogens (tertiary/aromatic N) is 3. The topological polar surface area (TPSA) is 30.7 Å². The Balaban J connectivity index is 1.62. The van der Waals surface area contributed by atoms with Gasteiger partial charge in [0, 0.05) is 22.2 Å². The van der Waals surface area contributed by atoms with Crippen LogP contribution in [0, 0.1) is 0 Å². The Bertz CT molecular complexity index is 1830. The Kier molecular flexibility index (Phi) is 4.46. The van der Waals surface area contributed by atoms with Gasteiger partial charge in [-0.2, -0.15) is 0 Å². The van der Waals surface area contributed by atoms with E-state index in [4.69, 9.17) is 9.97 Å². The SMILES string of the molecule is c1ccc(-c2nc(-c3ccc4ccccc4c3)nc3c4ccccc4n(-c4ccccc4)c23)cc1. The fourth-order valence-electron chi connectivity index (χ4n) is 4.94. The summed E-state index contributed by atoms with van der Waals surface area (Å²) in [5, 5.41) is 3.51. The van der Waals surface area contributed by atoms with Crippen molar-refractivity contribution in [3.8, 4) is 28.3 Å². The Morgan fingerprint density at radius 2 is 1.20 bits per heavy atom. The molecule has 2 heterocycles. The van der Waals surface area contributed by atoms with Crippen LogP contribution >= 0.6 is 0 Å². The van der Waals surface area contributed by atoms with Gasteiger partial charge in [-0.25, -0.2) is 9.97 Å². The van der Waals surface area contributed by atoms with Crippen LogP contribution in [0.25, 0.3) is 61.0 Å². The number of para-hydroxylation sites is 2. The van der Waals surface area contributed by atoms with Crippen LogP contribution in [0.15, 0.2) is 127 Å². The standard InChI is InChI=1S/C32H21N3/c1-3-12-23(13-4-1)29-31-30(27-17-9-10-18-28(27)35(31)26-15-5-2-6-16-26)34-32(33-29)25-20-19-22-11-7-8-14-24(22)21-25/h1-21H. The van der Waals surface area contributed by atoms with Crippen molar-refractivity contribution < 1.29 is 0 Å². The van der Waals surface area contributed by atoms with E-state index < -0.39 is 0 Å². The third kappa shape index (κ3) is 3.21. The van der Waals surface area contributed by atoms with Gasteiger partial charge >= 0.3 is 0 Å². The molecule has 7 rings (SSSR count). The lowest BCUT2D eigenvalue weighted by Gasteiger charge is -2.12. The largest absolute Gasteiger partial charge is 0.306 e. The molecule has 0 unspecified atom stereocenters. The summed E-state index contributed by atoms with van der Waals surface area (Å²) in [6, 6.07) is 44.2. The van der Waals surface area contributed by atoms with Gasteiger partial charge in [-0.3, -0.25) is 0 Å². The zero-order chi connectivity index (χ0) is 23.2. The first kappa shape index (κ1) is 19.7. The molecule has 0 fully saturated rings. The number of hydrogen-bond donors (Lipinski definition) is 0. The van der Waals surface area contributed by atoms with Crippen LogP contribution in [0.5, 0.6) is 0 Å². The second-order valence-corrected chi connectivity index (χ2v) is 8.71. The van der Waals surface area contributed by atoms with Crippen molar-refractivity contribution in [1.82, 2.24) is 14.5 Å². The van der Waals surface area contributed by atoms with Gasteiger partial charge in [0.05, 0.1) is 16.7 Å². The summed E-state index contributed by atoms with van der Waals surface area (Å²) >= 11 is 0. The normalized spacial score (nSPS) is 11.4. The van der Waals surface area contributed by atoms with Crippen LogP contribution in [0.1, 0.15) is 0 Å². The molecule has 0 bridgehead atoms. The maximum atomic E-state index is 5.20. The molecule has 0 aliphatic rings. The van der Waals surface area contributed by atoms with Crippen molar-refractivity contribution in [3.05, 3.63) is 127 Å². The average Bonchev–Trinajstić information content (AvgIpc) is 3.28. The van der Waals surface area contributed by atoms with Crippen LogP contribution in [-0.2, 0) is 0 Å². The molecule has 0 aliphatic heterocycles. The fourth-order valence-corrected chi connectivity index (χ4v) is 4.94. The van der Waals surface area contributed by atoms with Gasteiger partial charge in [0.1, 0.15) is 5.52 Å². The zero-order valence-corrected chi connectivity index (χ0v) is 19.0. The van der Waals surface area contributed by atoms with Crippen LogP contribution in [0.4, 0.5) is 0 Å². The lowest BCUT2D eigenvalue weighted by Crippen LogP contribution is -1.99. The quantitative estimate of drug-likeness (QED) is 0.274. The second-order valence-electron chi connectivity index (χ2n) is 8.71. The molecule has 3 heteroatoms. The predicted molar refractivity (Wildman–Crippen MR) is 145 cm³/mol. The van der Waals surface area contributed by atoms with Gasteiger partial charge in [0.15, 0.2) is 5.82 Å². The first-order valence-electron chi connectivity index (χ1n) is 11.8. The fraction of sp³-hybridized carbons (Fsp3) is 0. The minimum atomic E-state index is 0.734. The first-order valence-corrected chi connectivity index (χ1v) is 11.8. The molecule has 0 radical (unpaired) electrons. The second kappa shape index (κ2) is 7.93. The molecular formula is C32H21N3. The summed E-state index contributed by atoms with van der Waals surface area (Å²) in [7, 11) is 0. The molecule has 3 nitrogen and oxygen atoms in total. The summed E-state index contributed by atoms with van der Waals surface area (Å²) in [6.07, 6.45) is 0. The number of benzene rings is 5. The van der Waals surface area contributed by atoms with E-state index in [0.717, 1.165) is 50.3 Å². The van der Waals surface area contributed by atoms with E-state index in [9.17, 15) is 0 Å². The lowest BCUT2D eigenvalue weighted by molar-refractivity contribution is 1.15. The molecule has 0 aliphatic carbocycles. The molecule has 0 saturated carbocycles. The van der Waals surface area contributed by atoms with Crippen molar-refractivity contribution >= 4 is 32.7 Å². The van der Waals surface area contributed by atoms with Gasteiger partial charge < -0.3 is 4.57 Å². The number of hydrogen-bond acceptors (Lipinski definition) is 2. The van der Waals surface area contributed by atoms with Crippen molar-refractivity contribution in [2.45, 2.75) is 0 Å². The van der Waals surface area contributed by atoms with E-state index in [1.165, 1.54) is 10.8 Å². The summed E-state index contributed by atoms with van der Waals surface area (Å²) in [5.74, 6) is 0.734. The molecule has 0 saturated heterocycles. The summed E-state index contributed by atoms with van der Waals surface area (Å²) in [6.45, 7) is 0. The highest BCUT2D eigenvalue weighted by Crippen LogP contribution is 2.37. The molecule has 35 heavy (non-hydrogen) atoms. The van der Waals surface area contributed by atoms with E-state index in [1.807, 2.05) is 12.1 Å². The highest BCUT2D eigenvalue weighted by Gasteiger charge is 2.20. The van der Waals surface area contributed by atoms with Crippen molar-refractivity contribution in [3.63, 3.8) is 0 Å². The minimum Gasteiger partial charge on any atom is -0.306 e. The third-order valence-electron chi connectivity index (χ3n) is 6.58. The zero-order valence-electron chi connectivity index (χ0n) is 19.0. The Hall–Kier alpha value is -4.76.